The van der Waals surface area contributed by atoms with Gasteiger partial charge in [0.25, 0.3) is 0 Å². The van der Waals surface area contributed by atoms with E-state index in [1.165, 1.54) is 116 Å². The molecule has 2 rings (SSSR count). The molecule has 2 N–H and O–H groups in total. The average Bonchev–Trinajstić information content (AvgIpc) is 2.61. The van der Waals surface area contributed by atoms with Gasteiger partial charge >= 0.3 is 0 Å². The quantitative estimate of drug-likeness (QED) is 0.357. The van der Waals surface area contributed by atoms with Crippen LogP contribution in [0.15, 0.2) is 0 Å². The Bertz CT molecular complexity index is 204. The van der Waals surface area contributed by atoms with Crippen LogP contribution in [0.5, 0.6) is 0 Å². The summed E-state index contributed by atoms with van der Waals surface area (Å²) in [5.41, 5.74) is 0. The summed E-state index contributed by atoms with van der Waals surface area (Å²) in [6, 6.07) is 0. The topological polar surface area (TPSA) is 8.88 Å². The lowest BCUT2D eigenvalue weighted by molar-refractivity contribution is -0.884. The van der Waals surface area contributed by atoms with E-state index in [0.29, 0.717) is 0 Å². The van der Waals surface area contributed by atoms with Crippen LogP contribution < -0.4 is 43.8 Å². The third kappa shape index (κ3) is 24.9. The van der Waals surface area contributed by atoms with Gasteiger partial charge in [0.1, 0.15) is 0 Å². The van der Waals surface area contributed by atoms with Crippen molar-refractivity contribution in [2.45, 2.75) is 104 Å². The summed E-state index contributed by atoms with van der Waals surface area (Å²) in [4.78, 5) is 3.43. The molecule has 4 heteroatoms. The molecule has 2 aliphatic heterocycles. The van der Waals surface area contributed by atoms with E-state index < -0.39 is 0 Å². The van der Waals surface area contributed by atoms with Crippen molar-refractivity contribution in [1.82, 2.24) is 0 Å². The molecule has 0 aliphatic carbocycles. The lowest BCUT2D eigenvalue weighted by atomic mass is 10.1. The molecule has 0 atom stereocenters. The lowest BCUT2D eigenvalue weighted by Gasteiger charge is -2.17. The Kier molecular flexibility index (Phi) is 31.4. The molecule has 2 nitrogen and oxygen atoms in total. The molecule has 2 heterocycles. The van der Waals surface area contributed by atoms with Crippen LogP contribution >= 0.6 is 0 Å². The molecule has 2 aliphatic rings. The highest BCUT2D eigenvalue weighted by atomic mass is 79.9. The minimum atomic E-state index is 0. The van der Waals surface area contributed by atoms with E-state index in [1.807, 2.05) is 0 Å². The first-order chi connectivity index (χ1) is 11.7. The van der Waals surface area contributed by atoms with E-state index in [9.17, 15) is 0 Å². The highest BCUT2D eigenvalue weighted by Crippen LogP contribution is 2.07. The van der Waals surface area contributed by atoms with Gasteiger partial charge in [-0.3, -0.25) is 0 Å². The van der Waals surface area contributed by atoms with Crippen molar-refractivity contribution < 1.29 is 43.8 Å². The molecule has 2 fully saturated rings. The minimum Gasteiger partial charge on any atom is -1.00 e. The van der Waals surface area contributed by atoms with Gasteiger partial charge in [-0.05, 0) is 38.5 Å². The molecule has 0 aromatic rings. The Morgan fingerprint density at radius 1 is 0.462 bits per heavy atom. The van der Waals surface area contributed by atoms with E-state index >= 15 is 0 Å². The van der Waals surface area contributed by atoms with Gasteiger partial charge < -0.3 is 43.8 Å². The SMILES string of the molecule is CCCCCCCCCC.C[NH+]1CCCCC1.C[NH+]1CCCCC1.[Br-].[Br-]. The van der Waals surface area contributed by atoms with Gasteiger partial charge in [-0.15, -0.1) is 0 Å². The van der Waals surface area contributed by atoms with E-state index in [1.54, 1.807) is 9.80 Å². The first-order valence-corrected chi connectivity index (χ1v) is 11.3. The maximum Gasteiger partial charge on any atom is 0.0768 e. The molecular formula is C22H50Br2N2. The summed E-state index contributed by atoms with van der Waals surface area (Å²) in [5, 5.41) is 0. The summed E-state index contributed by atoms with van der Waals surface area (Å²) >= 11 is 0. The van der Waals surface area contributed by atoms with Gasteiger partial charge in [-0.25, -0.2) is 0 Å². The highest BCUT2D eigenvalue weighted by Gasteiger charge is 2.06. The molecule has 2 saturated heterocycles. The Morgan fingerprint density at radius 2 is 0.731 bits per heavy atom. The second kappa shape index (κ2) is 25.9. The van der Waals surface area contributed by atoms with Gasteiger partial charge in [0.2, 0.25) is 0 Å². The van der Waals surface area contributed by atoms with Crippen molar-refractivity contribution in [3.05, 3.63) is 0 Å². The number of likely N-dealkylation sites (tertiary alicyclic amines) is 2. The van der Waals surface area contributed by atoms with Gasteiger partial charge in [-0.1, -0.05) is 65.2 Å². The second-order valence-electron chi connectivity index (χ2n) is 8.16. The Labute approximate surface area is 187 Å². The number of rotatable bonds is 7. The normalized spacial score (nSPS) is 17.5. The largest absolute Gasteiger partial charge is 1.00 e. The average molecular weight is 502 g/mol. The number of piperidine rings is 2. The smallest absolute Gasteiger partial charge is 0.0768 e. The van der Waals surface area contributed by atoms with E-state index in [-0.39, 0.29) is 34.0 Å². The predicted octanol–water partition coefficient (Wildman–Crippen LogP) is -2.47. The summed E-state index contributed by atoms with van der Waals surface area (Å²) in [5.74, 6) is 0. The summed E-state index contributed by atoms with van der Waals surface area (Å²) in [7, 11) is 4.55. The van der Waals surface area contributed by atoms with Crippen LogP contribution in [0.4, 0.5) is 0 Å². The fourth-order valence-corrected chi connectivity index (χ4v) is 3.52. The van der Waals surface area contributed by atoms with E-state index in [2.05, 4.69) is 27.9 Å². The number of nitrogens with one attached hydrogen (secondary N) is 2. The third-order valence-corrected chi connectivity index (χ3v) is 5.37. The van der Waals surface area contributed by atoms with Crippen LogP contribution in [0.3, 0.4) is 0 Å². The van der Waals surface area contributed by atoms with E-state index in [0.717, 1.165) is 0 Å². The van der Waals surface area contributed by atoms with Crippen LogP contribution in [0.2, 0.25) is 0 Å². The fraction of sp³-hybridized carbons (Fsp3) is 1.00. The molecule has 0 aromatic heterocycles. The van der Waals surface area contributed by atoms with Crippen molar-refractivity contribution in [3.63, 3.8) is 0 Å². The number of unbranched alkanes of at least 4 members (excludes halogenated alkanes) is 7. The molecule has 0 aromatic carbocycles. The number of hydrogen-bond donors (Lipinski definition) is 2. The molecular weight excluding hydrogens is 452 g/mol. The molecule has 0 amide bonds. The van der Waals surface area contributed by atoms with Crippen molar-refractivity contribution in [2.24, 2.45) is 0 Å². The van der Waals surface area contributed by atoms with Crippen molar-refractivity contribution >= 4 is 0 Å². The molecule has 0 spiro atoms. The van der Waals surface area contributed by atoms with Crippen molar-refractivity contribution in [3.8, 4) is 0 Å². The Balaban J connectivity index is -0.000000299. The van der Waals surface area contributed by atoms with Crippen LogP contribution in [0.25, 0.3) is 0 Å². The van der Waals surface area contributed by atoms with Crippen LogP contribution in [0, 0.1) is 0 Å². The summed E-state index contributed by atoms with van der Waals surface area (Å²) in [6.07, 6.45) is 20.2. The van der Waals surface area contributed by atoms with Crippen molar-refractivity contribution in [1.29, 1.82) is 0 Å². The predicted molar refractivity (Wildman–Crippen MR) is 109 cm³/mol. The summed E-state index contributed by atoms with van der Waals surface area (Å²) in [6.45, 7) is 10.2. The van der Waals surface area contributed by atoms with Gasteiger partial charge in [0.15, 0.2) is 0 Å². The number of halogens is 2. The van der Waals surface area contributed by atoms with Crippen LogP contribution in [-0.2, 0) is 0 Å². The first-order valence-electron chi connectivity index (χ1n) is 11.3. The minimum absolute atomic E-state index is 0. The van der Waals surface area contributed by atoms with Crippen LogP contribution in [0.1, 0.15) is 104 Å². The van der Waals surface area contributed by atoms with Crippen molar-refractivity contribution in [2.75, 3.05) is 40.3 Å². The molecule has 26 heavy (non-hydrogen) atoms. The Hall–Kier alpha value is 0.880. The molecule has 0 bridgehead atoms. The molecule has 162 valence electrons. The zero-order valence-corrected chi connectivity index (χ0v) is 21.7. The second-order valence-corrected chi connectivity index (χ2v) is 8.16. The zero-order valence-electron chi connectivity index (χ0n) is 18.5. The van der Waals surface area contributed by atoms with E-state index in [4.69, 9.17) is 0 Å². The molecule has 0 saturated carbocycles. The fourth-order valence-electron chi connectivity index (χ4n) is 3.52. The zero-order chi connectivity index (χ0) is 17.9. The first kappa shape index (κ1) is 31.6. The monoisotopic (exact) mass is 500 g/mol. The maximum atomic E-state index is 2.28. The standard InChI is InChI=1S/C10H22.2C6H13N.2BrH/c1-3-5-7-9-10-8-6-4-2;2*1-7-5-3-2-4-6-7;;/h3-10H2,1-2H3;2*2-6H2,1H3;2*1H. The van der Waals surface area contributed by atoms with Gasteiger partial charge in [0.05, 0.1) is 40.3 Å². The lowest BCUT2D eigenvalue weighted by Crippen LogP contribution is -3.09. The molecule has 0 radical (unpaired) electrons. The Morgan fingerprint density at radius 3 is 0.923 bits per heavy atom. The summed E-state index contributed by atoms with van der Waals surface area (Å²) < 4.78 is 0. The van der Waals surface area contributed by atoms with Gasteiger partial charge in [0, 0.05) is 0 Å². The van der Waals surface area contributed by atoms with Gasteiger partial charge in [-0.2, -0.15) is 0 Å². The maximum absolute atomic E-state index is 2.28. The highest BCUT2D eigenvalue weighted by molar-refractivity contribution is 4.44. The number of hydrogen-bond acceptors (Lipinski definition) is 0. The molecule has 0 unspecified atom stereocenters. The van der Waals surface area contributed by atoms with Crippen LogP contribution in [-0.4, -0.2) is 40.3 Å². The third-order valence-electron chi connectivity index (χ3n) is 5.37. The number of quaternary nitrogens is 2.